The average Bonchev–Trinajstić information content (AvgIpc) is 3.40. The number of anilines is 1. The largest absolute Gasteiger partial charge is 0.573 e. The lowest BCUT2D eigenvalue weighted by Gasteiger charge is -2.38. The van der Waals surface area contributed by atoms with Gasteiger partial charge in [0.05, 0.1) is 4.90 Å². The number of nitrogens with zero attached hydrogens (tertiary/aromatic N) is 6. The Bertz CT molecular complexity index is 1570. The molecule has 1 aliphatic heterocycles. The van der Waals surface area contributed by atoms with Crippen LogP contribution in [0.25, 0.3) is 0 Å². The first-order chi connectivity index (χ1) is 21.0. The molecule has 1 atom stereocenters. The van der Waals surface area contributed by atoms with E-state index in [0.29, 0.717) is 10.8 Å². The van der Waals surface area contributed by atoms with Crippen LogP contribution in [-0.4, -0.2) is 86.9 Å². The van der Waals surface area contributed by atoms with E-state index < -0.39 is 57.4 Å². The first-order valence-corrected chi connectivity index (χ1v) is 14.5. The highest BCUT2D eigenvalue weighted by molar-refractivity contribution is 7.89. The molecule has 5 N–H and O–H groups in total. The number of rotatable bonds is 9. The van der Waals surface area contributed by atoms with E-state index in [1.54, 1.807) is 12.1 Å². The van der Waals surface area contributed by atoms with Crippen LogP contribution >= 0.6 is 0 Å². The lowest BCUT2D eigenvalue weighted by molar-refractivity contribution is -0.274. The summed E-state index contributed by atoms with van der Waals surface area (Å²) in [6.45, 7) is 0.508. The van der Waals surface area contributed by atoms with Gasteiger partial charge in [-0.15, -0.1) is 13.2 Å². The Morgan fingerprint density at radius 2 is 1.67 bits per heavy atom. The molecule has 1 aromatic heterocycles. The van der Waals surface area contributed by atoms with Crippen molar-refractivity contribution in [1.82, 2.24) is 29.4 Å². The Labute approximate surface area is 253 Å². The minimum absolute atomic E-state index is 0.0622. The van der Waals surface area contributed by atoms with Crippen LogP contribution in [0.1, 0.15) is 24.5 Å². The molecule has 246 valence electrons. The fraction of sp³-hybridized carbons (Fsp3) is 0.400. The van der Waals surface area contributed by atoms with Gasteiger partial charge in [0.15, 0.2) is 0 Å². The quantitative estimate of drug-likeness (QED) is 0.282. The Kier molecular flexibility index (Phi) is 11.0. The third kappa shape index (κ3) is 9.05. The number of carbonyl (C=O) groups excluding carboxylic acids is 1. The summed E-state index contributed by atoms with van der Waals surface area (Å²) in [5, 5.41) is 19.8. The second-order valence-electron chi connectivity index (χ2n) is 9.48. The number of carboxylic acids is 1. The van der Waals surface area contributed by atoms with Gasteiger partial charge in [0.25, 0.3) is 5.92 Å². The predicted octanol–water partition coefficient (Wildman–Crippen LogP) is 1.79. The smallest absolute Gasteiger partial charge is 0.480 e. The molecule has 0 bridgehead atoms. The number of nitrogens with two attached hydrogens (primary N) is 2. The molecule has 20 heteroatoms. The lowest BCUT2D eigenvalue weighted by atomic mass is 10.0. The second kappa shape index (κ2) is 14.1. The van der Waals surface area contributed by atoms with Gasteiger partial charge in [0.2, 0.25) is 21.9 Å². The third-order valence-electron chi connectivity index (χ3n) is 6.53. The molecule has 1 aliphatic rings. The maximum absolute atomic E-state index is 13.1. The van der Waals surface area contributed by atoms with Gasteiger partial charge in [-0.3, -0.25) is 9.59 Å². The standard InChI is InChI=1S/C15H16F3N7O6S.C10H13F2N/c16-15(17,18)31-9-1-3-10(4-2-9)32(29,30)25-6-5-23(7-11(25)13(27)28)12(26)8-24-14(19)20-21-22-24;1-2-10(11,12)9-5-3-8(7-13)4-6-9/h1-4,11H,5-8H2,(H,27,28)(H2,19,20,22);3-6H,2,7,13H2,1H3/t11-;/m1./s1. The van der Waals surface area contributed by atoms with Crippen LogP contribution in [0.15, 0.2) is 53.4 Å². The van der Waals surface area contributed by atoms with Crippen molar-refractivity contribution in [1.29, 1.82) is 0 Å². The van der Waals surface area contributed by atoms with E-state index in [4.69, 9.17) is 11.5 Å². The van der Waals surface area contributed by atoms with Crippen molar-refractivity contribution in [3.8, 4) is 5.75 Å². The first kappa shape index (κ1) is 35.1. The van der Waals surface area contributed by atoms with Crippen molar-refractivity contribution < 1.29 is 49.8 Å². The Morgan fingerprint density at radius 3 is 2.16 bits per heavy atom. The van der Waals surface area contributed by atoms with E-state index in [2.05, 4.69) is 20.3 Å². The van der Waals surface area contributed by atoms with Crippen molar-refractivity contribution in [2.45, 2.75) is 49.7 Å². The highest BCUT2D eigenvalue weighted by Gasteiger charge is 2.41. The molecule has 2 heterocycles. The number of nitrogen functional groups attached to an aromatic ring is 1. The molecule has 0 aliphatic carbocycles. The van der Waals surface area contributed by atoms with Crippen molar-refractivity contribution in [2.24, 2.45) is 5.73 Å². The normalized spacial score (nSPS) is 16.1. The fourth-order valence-electron chi connectivity index (χ4n) is 4.07. The summed E-state index contributed by atoms with van der Waals surface area (Å²) in [6.07, 6.45) is -5.13. The zero-order valence-electron chi connectivity index (χ0n) is 23.6. The molecule has 45 heavy (non-hydrogen) atoms. The van der Waals surface area contributed by atoms with Crippen molar-refractivity contribution in [2.75, 3.05) is 25.4 Å². The lowest BCUT2D eigenvalue weighted by Crippen LogP contribution is -2.59. The van der Waals surface area contributed by atoms with E-state index >= 15 is 0 Å². The van der Waals surface area contributed by atoms with Gasteiger partial charge in [0, 0.05) is 38.2 Å². The number of aliphatic carboxylic acids is 1. The molecule has 0 spiro atoms. The summed E-state index contributed by atoms with van der Waals surface area (Å²) in [4.78, 5) is 24.9. The maximum Gasteiger partial charge on any atom is 0.573 e. The number of ether oxygens (including phenoxy) is 1. The van der Waals surface area contributed by atoms with Crippen LogP contribution in [0.3, 0.4) is 0 Å². The third-order valence-corrected chi connectivity index (χ3v) is 8.46. The summed E-state index contributed by atoms with van der Waals surface area (Å²) in [7, 11) is -4.40. The molecular formula is C25H29F5N8O6S. The van der Waals surface area contributed by atoms with Crippen molar-refractivity contribution in [3.05, 3.63) is 59.7 Å². The summed E-state index contributed by atoms with van der Waals surface area (Å²) in [6, 6.07) is 7.85. The number of aromatic nitrogens is 4. The molecule has 0 saturated carbocycles. The van der Waals surface area contributed by atoms with Crippen LogP contribution in [0.5, 0.6) is 5.75 Å². The Morgan fingerprint density at radius 1 is 1.04 bits per heavy atom. The minimum Gasteiger partial charge on any atom is -0.480 e. The average molecular weight is 665 g/mol. The van der Waals surface area contributed by atoms with Crippen LogP contribution in [0.2, 0.25) is 0 Å². The van der Waals surface area contributed by atoms with Crippen LogP contribution in [0.4, 0.5) is 27.9 Å². The number of amides is 1. The number of carbonyl (C=O) groups is 2. The number of carboxylic acid groups (broad SMARTS) is 1. The van der Waals surface area contributed by atoms with E-state index in [1.807, 2.05) is 0 Å². The van der Waals surface area contributed by atoms with E-state index in [9.17, 15) is 45.1 Å². The molecule has 2 aromatic carbocycles. The number of hydrogen-bond donors (Lipinski definition) is 3. The fourth-order valence-corrected chi connectivity index (χ4v) is 5.64. The summed E-state index contributed by atoms with van der Waals surface area (Å²) in [5.74, 6) is -5.57. The van der Waals surface area contributed by atoms with Gasteiger partial charge >= 0.3 is 12.3 Å². The minimum atomic E-state index is -4.95. The highest BCUT2D eigenvalue weighted by atomic mass is 32.2. The second-order valence-corrected chi connectivity index (χ2v) is 11.4. The van der Waals surface area contributed by atoms with Gasteiger partial charge in [-0.25, -0.2) is 21.9 Å². The van der Waals surface area contributed by atoms with E-state index in [1.165, 1.54) is 19.1 Å². The molecule has 0 radical (unpaired) electrons. The number of sulfonamides is 1. The predicted molar refractivity (Wildman–Crippen MR) is 146 cm³/mol. The number of tetrazole rings is 1. The molecule has 1 amide bonds. The van der Waals surface area contributed by atoms with Crippen LogP contribution < -0.4 is 16.2 Å². The van der Waals surface area contributed by atoms with Crippen molar-refractivity contribution in [3.63, 3.8) is 0 Å². The molecule has 1 fully saturated rings. The Hall–Kier alpha value is -4.43. The number of hydrogen-bond acceptors (Lipinski definition) is 10. The summed E-state index contributed by atoms with van der Waals surface area (Å²) >= 11 is 0. The number of benzene rings is 2. The summed E-state index contributed by atoms with van der Waals surface area (Å²) < 4.78 is 94.2. The SMILES string of the molecule is CCC(F)(F)c1ccc(CN)cc1.Nc1nnnn1CC(=O)N1CCN(S(=O)(=O)c2ccc(OC(F)(F)F)cc2)[C@@H](C(=O)O)C1. The first-order valence-electron chi connectivity index (χ1n) is 13.1. The molecule has 14 nitrogen and oxygen atoms in total. The van der Waals surface area contributed by atoms with Crippen LogP contribution in [0, 0.1) is 0 Å². The Balaban J connectivity index is 0.000000355. The molecule has 1 saturated heterocycles. The maximum atomic E-state index is 13.1. The summed E-state index contributed by atoms with van der Waals surface area (Å²) in [5.41, 5.74) is 11.8. The van der Waals surface area contributed by atoms with Crippen LogP contribution in [-0.2, 0) is 38.6 Å². The topological polar surface area (TPSA) is 200 Å². The number of piperazine rings is 1. The number of alkyl halides is 5. The highest BCUT2D eigenvalue weighted by Crippen LogP contribution is 2.31. The van der Waals surface area contributed by atoms with E-state index in [0.717, 1.165) is 39.4 Å². The zero-order chi connectivity index (χ0) is 33.6. The van der Waals surface area contributed by atoms with Crippen molar-refractivity contribution >= 4 is 27.8 Å². The molecule has 4 rings (SSSR count). The zero-order valence-corrected chi connectivity index (χ0v) is 24.4. The van der Waals surface area contributed by atoms with Gasteiger partial charge in [-0.1, -0.05) is 36.3 Å². The molecule has 3 aromatic rings. The monoisotopic (exact) mass is 664 g/mol. The van der Waals surface area contributed by atoms with Gasteiger partial charge in [-0.2, -0.15) is 4.31 Å². The van der Waals surface area contributed by atoms with Gasteiger partial charge in [-0.05, 0) is 40.3 Å². The van der Waals surface area contributed by atoms with E-state index in [-0.39, 0.29) is 37.6 Å². The van der Waals surface area contributed by atoms with Gasteiger partial charge in [0.1, 0.15) is 18.3 Å². The molecule has 0 unspecified atom stereocenters. The van der Waals surface area contributed by atoms with Gasteiger partial charge < -0.3 is 26.2 Å². The number of halogens is 5. The molecular weight excluding hydrogens is 635 g/mol.